The van der Waals surface area contributed by atoms with E-state index in [1.165, 1.54) is 30.6 Å². The van der Waals surface area contributed by atoms with Crippen molar-refractivity contribution in [1.82, 2.24) is 10.3 Å². The number of nitrogen functional groups attached to an aromatic ring is 1. The van der Waals surface area contributed by atoms with E-state index in [1.54, 1.807) is 0 Å². The third-order valence-electron chi connectivity index (χ3n) is 7.17. The normalized spacial score (nSPS) is 20.6. The second-order valence-electron chi connectivity index (χ2n) is 9.60. The molecule has 2 unspecified atom stereocenters. The number of carbonyl (C=O) groups excluding carboxylic acids is 1. The van der Waals surface area contributed by atoms with Crippen LogP contribution in [-0.4, -0.2) is 30.5 Å². The summed E-state index contributed by atoms with van der Waals surface area (Å²) in [6.07, 6.45) is 3.98. The zero-order valence-electron chi connectivity index (χ0n) is 19.1. The van der Waals surface area contributed by atoms with Gasteiger partial charge >= 0.3 is 0 Å². The molecule has 3 aromatic rings. The molecule has 2 aromatic heterocycles. The third-order valence-corrected chi connectivity index (χ3v) is 8.28. The third kappa shape index (κ3) is 4.16. The van der Waals surface area contributed by atoms with Crippen molar-refractivity contribution in [1.29, 1.82) is 5.26 Å². The lowest BCUT2D eigenvalue weighted by Crippen LogP contribution is -2.36. The largest absolute Gasteiger partial charge is 0.397 e. The van der Waals surface area contributed by atoms with Gasteiger partial charge in [0.05, 0.1) is 16.9 Å². The van der Waals surface area contributed by atoms with Crippen molar-refractivity contribution in [3.63, 3.8) is 0 Å². The Balaban J connectivity index is 1.28. The van der Waals surface area contributed by atoms with E-state index in [0.29, 0.717) is 17.1 Å². The standard InChI is InChI=1S/C26H29N5OS/c1-15(12-29-25(32)24-23(28)21-7-3-16(2)30-26(21)33-24)19-6-8-22(20(10-19)11-27)31-13-17-4-5-18(9-17)14-31/h3,6-8,10,15,17-18H,4-5,9,12-14,28H2,1-2H3,(H,29,32)/t15-,17?,18?/m0/s1. The maximum absolute atomic E-state index is 12.8. The van der Waals surface area contributed by atoms with Gasteiger partial charge < -0.3 is 16.0 Å². The lowest BCUT2D eigenvalue weighted by molar-refractivity contribution is 0.0956. The number of thiophene rings is 1. The molecule has 7 heteroatoms. The molecule has 1 aliphatic heterocycles. The molecule has 33 heavy (non-hydrogen) atoms. The zero-order valence-corrected chi connectivity index (χ0v) is 19.9. The molecule has 0 radical (unpaired) electrons. The second-order valence-corrected chi connectivity index (χ2v) is 10.6. The highest BCUT2D eigenvalue weighted by Gasteiger charge is 2.33. The van der Waals surface area contributed by atoms with Crippen molar-refractivity contribution in [2.75, 3.05) is 30.3 Å². The highest BCUT2D eigenvalue weighted by atomic mass is 32.1. The molecule has 3 heterocycles. The molecule has 6 nitrogen and oxygen atoms in total. The highest BCUT2D eigenvalue weighted by molar-refractivity contribution is 7.21. The number of aryl methyl sites for hydroxylation is 1. The number of anilines is 2. The first-order valence-corrected chi connectivity index (χ1v) is 12.5. The van der Waals surface area contributed by atoms with E-state index in [1.807, 2.05) is 25.1 Å². The van der Waals surface area contributed by atoms with Crippen LogP contribution in [0.1, 0.15) is 58.6 Å². The van der Waals surface area contributed by atoms with Crippen molar-refractivity contribution in [3.8, 4) is 6.07 Å². The lowest BCUT2D eigenvalue weighted by Gasteiger charge is -2.34. The number of nitrogens with two attached hydrogens (primary N) is 1. The molecule has 1 aromatic carbocycles. The van der Waals surface area contributed by atoms with E-state index in [9.17, 15) is 10.1 Å². The van der Waals surface area contributed by atoms with Crippen LogP contribution in [0.5, 0.6) is 0 Å². The second kappa shape index (κ2) is 8.68. The molecule has 170 valence electrons. The van der Waals surface area contributed by atoms with Crippen LogP contribution in [0.2, 0.25) is 0 Å². The fraction of sp³-hybridized carbons (Fsp3) is 0.423. The van der Waals surface area contributed by atoms with Crippen LogP contribution < -0.4 is 16.0 Å². The van der Waals surface area contributed by atoms with Gasteiger partial charge in [0.2, 0.25) is 0 Å². The summed E-state index contributed by atoms with van der Waals surface area (Å²) in [4.78, 5) is 21.0. The van der Waals surface area contributed by atoms with E-state index in [0.717, 1.165) is 57.7 Å². The van der Waals surface area contributed by atoms with Crippen LogP contribution in [0, 0.1) is 30.1 Å². The Morgan fingerprint density at radius 2 is 2.06 bits per heavy atom. The van der Waals surface area contributed by atoms with E-state index >= 15 is 0 Å². The molecular weight excluding hydrogens is 430 g/mol. The summed E-state index contributed by atoms with van der Waals surface area (Å²) in [6.45, 7) is 6.57. The lowest BCUT2D eigenvalue weighted by atomic mass is 9.95. The van der Waals surface area contributed by atoms with E-state index in [2.05, 4.69) is 40.3 Å². The van der Waals surface area contributed by atoms with Gasteiger partial charge in [-0.25, -0.2) is 4.98 Å². The maximum atomic E-state index is 12.8. The summed E-state index contributed by atoms with van der Waals surface area (Å²) in [6, 6.07) is 12.4. The Kier molecular flexibility index (Phi) is 5.71. The van der Waals surface area contributed by atoms with Gasteiger partial charge in [0.1, 0.15) is 15.8 Å². The number of fused-ring (bicyclic) bond motifs is 3. The quantitative estimate of drug-likeness (QED) is 0.570. The summed E-state index contributed by atoms with van der Waals surface area (Å²) >= 11 is 1.33. The molecule has 2 bridgehead atoms. The predicted octanol–water partition coefficient (Wildman–Crippen LogP) is 4.83. The zero-order chi connectivity index (χ0) is 23.1. The SMILES string of the molecule is Cc1ccc2c(N)c(C(=O)NC[C@H](C)c3ccc(N4CC5CCC(C5)C4)c(C#N)c3)sc2n1. The van der Waals surface area contributed by atoms with Crippen LogP contribution in [0.3, 0.4) is 0 Å². The minimum atomic E-state index is -0.180. The number of aromatic nitrogens is 1. The summed E-state index contributed by atoms with van der Waals surface area (Å²) in [5.74, 6) is 1.43. The monoisotopic (exact) mass is 459 g/mol. The van der Waals surface area contributed by atoms with Gasteiger partial charge in [-0.15, -0.1) is 11.3 Å². The first-order chi connectivity index (χ1) is 15.9. The first kappa shape index (κ1) is 21.7. The maximum Gasteiger partial charge on any atom is 0.263 e. The molecule has 1 saturated carbocycles. The number of pyridine rings is 1. The van der Waals surface area contributed by atoms with Crippen molar-refractivity contribution in [2.45, 2.75) is 39.0 Å². The molecule has 5 rings (SSSR count). The van der Waals surface area contributed by atoms with Gasteiger partial charge in [0.15, 0.2) is 0 Å². The average Bonchev–Trinajstić information content (AvgIpc) is 3.34. The summed E-state index contributed by atoms with van der Waals surface area (Å²) < 4.78 is 0. The molecule has 0 spiro atoms. The molecule has 2 aliphatic rings. The first-order valence-electron chi connectivity index (χ1n) is 11.7. The van der Waals surface area contributed by atoms with Gasteiger partial charge in [0.25, 0.3) is 5.91 Å². The molecule has 2 fully saturated rings. The number of hydrogen-bond acceptors (Lipinski definition) is 6. The summed E-state index contributed by atoms with van der Waals surface area (Å²) in [7, 11) is 0. The number of benzene rings is 1. The number of nitrogens with one attached hydrogen (secondary N) is 1. The van der Waals surface area contributed by atoms with E-state index in [4.69, 9.17) is 5.73 Å². The summed E-state index contributed by atoms with van der Waals surface area (Å²) in [5, 5.41) is 13.7. The molecule has 1 amide bonds. The van der Waals surface area contributed by atoms with Crippen molar-refractivity contribution < 1.29 is 4.79 Å². The van der Waals surface area contributed by atoms with Gasteiger partial charge in [-0.05, 0) is 73.8 Å². The van der Waals surface area contributed by atoms with Crippen molar-refractivity contribution in [3.05, 3.63) is 52.0 Å². The molecular formula is C26H29N5OS. The van der Waals surface area contributed by atoms with Crippen LogP contribution in [-0.2, 0) is 0 Å². The Morgan fingerprint density at radius 3 is 2.79 bits per heavy atom. The number of hydrogen-bond donors (Lipinski definition) is 2. The molecule has 1 aliphatic carbocycles. The van der Waals surface area contributed by atoms with E-state index in [-0.39, 0.29) is 11.8 Å². The fourth-order valence-corrected chi connectivity index (χ4v) is 6.39. The van der Waals surface area contributed by atoms with Gasteiger partial charge in [-0.3, -0.25) is 4.79 Å². The molecule has 3 N–H and O–H groups in total. The van der Waals surface area contributed by atoms with Crippen LogP contribution >= 0.6 is 11.3 Å². The minimum Gasteiger partial charge on any atom is -0.397 e. The number of carbonyl (C=O) groups is 1. The minimum absolute atomic E-state index is 0.0728. The van der Waals surface area contributed by atoms with Crippen LogP contribution in [0.4, 0.5) is 11.4 Å². The summed E-state index contributed by atoms with van der Waals surface area (Å²) in [5.41, 5.74) is 10.4. The Labute approximate surface area is 198 Å². The number of rotatable bonds is 5. The van der Waals surface area contributed by atoms with Gasteiger partial charge in [-0.1, -0.05) is 13.0 Å². The fourth-order valence-electron chi connectivity index (χ4n) is 5.33. The number of nitriles is 1. The Morgan fingerprint density at radius 1 is 1.30 bits per heavy atom. The van der Waals surface area contributed by atoms with Crippen molar-refractivity contribution in [2.24, 2.45) is 11.8 Å². The smallest absolute Gasteiger partial charge is 0.263 e. The number of piperidine rings is 1. The Bertz CT molecular complexity index is 1250. The van der Waals surface area contributed by atoms with Gasteiger partial charge in [0, 0.05) is 30.7 Å². The predicted molar refractivity (Wildman–Crippen MR) is 134 cm³/mol. The highest BCUT2D eigenvalue weighted by Crippen LogP contribution is 2.39. The molecule has 1 saturated heterocycles. The molecule has 3 atom stereocenters. The average molecular weight is 460 g/mol. The van der Waals surface area contributed by atoms with Crippen molar-refractivity contribution >= 4 is 38.8 Å². The topological polar surface area (TPSA) is 95.0 Å². The van der Waals surface area contributed by atoms with Crippen LogP contribution in [0.25, 0.3) is 10.2 Å². The van der Waals surface area contributed by atoms with Gasteiger partial charge in [-0.2, -0.15) is 5.26 Å². The number of nitrogens with zero attached hydrogens (tertiary/aromatic N) is 3. The number of amides is 1. The van der Waals surface area contributed by atoms with E-state index < -0.39 is 0 Å². The van der Waals surface area contributed by atoms with Crippen LogP contribution in [0.15, 0.2) is 30.3 Å². The Hall–Kier alpha value is -3.11.